The Labute approximate surface area is 159 Å². The van der Waals surface area contributed by atoms with Gasteiger partial charge in [-0.05, 0) is 24.3 Å². The highest BCUT2D eigenvalue weighted by atomic mass is 35.5. The average molecular weight is 392 g/mol. The minimum absolute atomic E-state index is 0.172. The van der Waals surface area contributed by atoms with Crippen LogP contribution in [0.15, 0.2) is 47.3 Å². The number of nitrogens with one attached hydrogen (secondary N) is 1. The minimum atomic E-state index is -0.337. The first-order chi connectivity index (χ1) is 12.5. The standard InChI is InChI=1S/C18H15Cl2N3O3/c1-23-18(25)13-5-3-2-4-12(13)15(22-23)9-21-17(24)10-26-16-7-6-11(19)8-14(16)20/h2-8H,9-10H2,1H3,(H,21,24). The highest BCUT2D eigenvalue weighted by Crippen LogP contribution is 2.27. The quantitative estimate of drug-likeness (QED) is 0.725. The third-order valence-corrected chi connectivity index (χ3v) is 4.27. The van der Waals surface area contributed by atoms with Crippen molar-refractivity contribution in [3.05, 3.63) is 68.6 Å². The second kappa shape index (κ2) is 7.76. The van der Waals surface area contributed by atoms with Gasteiger partial charge in [-0.15, -0.1) is 0 Å². The number of aryl methyl sites for hydroxylation is 1. The summed E-state index contributed by atoms with van der Waals surface area (Å²) in [4.78, 5) is 24.2. The fraction of sp³-hybridized carbons (Fsp3) is 0.167. The number of amides is 1. The van der Waals surface area contributed by atoms with Crippen LogP contribution in [-0.4, -0.2) is 22.3 Å². The normalized spacial score (nSPS) is 10.7. The van der Waals surface area contributed by atoms with Crippen molar-refractivity contribution in [1.82, 2.24) is 15.1 Å². The van der Waals surface area contributed by atoms with Gasteiger partial charge in [0.05, 0.1) is 22.6 Å². The summed E-state index contributed by atoms with van der Waals surface area (Å²) in [7, 11) is 1.58. The Balaban J connectivity index is 1.67. The van der Waals surface area contributed by atoms with Gasteiger partial charge in [0.2, 0.25) is 0 Å². The van der Waals surface area contributed by atoms with E-state index < -0.39 is 0 Å². The number of fused-ring (bicyclic) bond motifs is 1. The number of hydrogen-bond donors (Lipinski definition) is 1. The summed E-state index contributed by atoms with van der Waals surface area (Å²) in [6.45, 7) is -0.0315. The lowest BCUT2D eigenvalue weighted by Crippen LogP contribution is -2.30. The number of benzene rings is 2. The SMILES string of the molecule is Cn1nc(CNC(=O)COc2ccc(Cl)cc2Cl)c2ccccc2c1=O. The number of hydrogen-bond acceptors (Lipinski definition) is 4. The van der Waals surface area contributed by atoms with Crippen LogP contribution >= 0.6 is 23.2 Å². The largest absolute Gasteiger partial charge is 0.482 e. The summed E-state index contributed by atoms with van der Waals surface area (Å²) >= 11 is 11.8. The summed E-state index contributed by atoms with van der Waals surface area (Å²) in [5.41, 5.74) is 0.414. The zero-order valence-corrected chi connectivity index (χ0v) is 15.3. The lowest BCUT2D eigenvalue weighted by molar-refractivity contribution is -0.123. The first-order valence-corrected chi connectivity index (χ1v) is 8.51. The van der Waals surface area contributed by atoms with E-state index in [2.05, 4.69) is 10.4 Å². The molecule has 0 radical (unpaired) electrons. The van der Waals surface area contributed by atoms with Gasteiger partial charge in [0.15, 0.2) is 6.61 Å². The Morgan fingerprint density at radius 1 is 1.19 bits per heavy atom. The Morgan fingerprint density at radius 2 is 1.92 bits per heavy atom. The predicted molar refractivity (Wildman–Crippen MR) is 101 cm³/mol. The minimum Gasteiger partial charge on any atom is -0.482 e. The van der Waals surface area contributed by atoms with Crippen molar-refractivity contribution in [1.29, 1.82) is 0 Å². The van der Waals surface area contributed by atoms with Crippen LogP contribution in [0.2, 0.25) is 10.0 Å². The Hall–Kier alpha value is -2.57. The number of nitrogens with zero attached hydrogens (tertiary/aromatic N) is 2. The molecule has 0 aliphatic heterocycles. The molecule has 1 heterocycles. The second-order valence-electron chi connectivity index (χ2n) is 5.56. The van der Waals surface area contributed by atoms with Crippen molar-refractivity contribution in [2.75, 3.05) is 6.61 Å². The molecule has 8 heteroatoms. The van der Waals surface area contributed by atoms with E-state index in [9.17, 15) is 9.59 Å². The summed E-state index contributed by atoms with van der Waals surface area (Å²) in [5.74, 6) is 0.0349. The third kappa shape index (κ3) is 3.98. The number of carbonyl (C=O) groups excluding carboxylic acids is 1. The number of aromatic nitrogens is 2. The van der Waals surface area contributed by atoms with Gasteiger partial charge in [0, 0.05) is 17.5 Å². The maximum Gasteiger partial charge on any atom is 0.274 e. The molecule has 2 aromatic carbocycles. The Bertz CT molecular complexity index is 1030. The fourth-order valence-electron chi connectivity index (χ4n) is 2.48. The first-order valence-electron chi connectivity index (χ1n) is 7.75. The highest BCUT2D eigenvalue weighted by Gasteiger charge is 2.11. The molecule has 6 nitrogen and oxygen atoms in total. The molecule has 3 rings (SSSR count). The van der Waals surface area contributed by atoms with Crippen LogP contribution in [0.4, 0.5) is 0 Å². The predicted octanol–water partition coefficient (Wildman–Crippen LogP) is 2.94. The molecule has 0 saturated carbocycles. The Morgan fingerprint density at radius 3 is 2.65 bits per heavy atom. The van der Waals surface area contributed by atoms with Gasteiger partial charge in [-0.25, -0.2) is 4.68 Å². The van der Waals surface area contributed by atoms with E-state index in [1.54, 1.807) is 37.4 Å². The molecule has 3 aromatic rings. The molecular formula is C18H15Cl2N3O3. The summed E-state index contributed by atoms with van der Waals surface area (Å²) in [6.07, 6.45) is 0. The fourth-order valence-corrected chi connectivity index (χ4v) is 2.94. The molecule has 0 bridgehead atoms. The van der Waals surface area contributed by atoms with Gasteiger partial charge in [-0.1, -0.05) is 41.4 Å². The molecule has 1 N–H and O–H groups in total. The van der Waals surface area contributed by atoms with Crippen LogP contribution in [0.25, 0.3) is 10.8 Å². The molecule has 1 amide bonds. The van der Waals surface area contributed by atoms with Gasteiger partial charge < -0.3 is 10.1 Å². The molecule has 1 aromatic heterocycles. The van der Waals surface area contributed by atoms with E-state index in [0.717, 1.165) is 0 Å². The molecule has 0 unspecified atom stereocenters. The molecule has 134 valence electrons. The van der Waals surface area contributed by atoms with Crippen LogP contribution in [0.1, 0.15) is 5.69 Å². The molecule has 0 atom stereocenters. The van der Waals surface area contributed by atoms with Crippen LogP contribution in [0.3, 0.4) is 0 Å². The molecule has 0 fully saturated rings. The van der Waals surface area contributed by atoms with Gasteiger partial charge in [-0.2, -0.15) is 5.10 Å². The molecular weight excluding hydrogens is 377 g/mol. The van der Waals surface area contributed by atoms with Crippen molar-refractivity contribution < 1.29 is 9.53 Å². The third-order valence-electron chi connectivity index (χ3n) is 3.74. The van der Waals surface area contributed by atoms with Crippen LogP contribution in [0, 0.1) is 0 Å². The number of halogens is 2. The number of carbonyl (C=O) groups is 1. The summed E-state index contributed by atoms with van der Waals surface area (Å²) in [6, 6.07) is 11.9. The van der Waals surface area contributed by atoms with Gasteiger partial charge >= 0.3 is 0 Å². The van der Waals surface area contributed by atoms with E-state index in [4.69, 9.17) is 27.9 Å². The summed E-state index contributed by atoms with van der Waals surface area (Å²) < 4.78 is 6.65. The van der Waals surface area contributed by atoms with Crippen LogP contribution in [0.5, 0.6) is 5.75 Å². The van der Waals surface area contributed by atoms with Gasteiger partial charge in [0.1, 0.15) is 5.75 Å². The molecule has 26 heavy (non-hydrogen) atoms. The van der Waals surface area contributed by atoms with Crippen molar-refractivity contribution >= 4 is 39.9 Å². The molecule has 0 saturated heterocycles. The number of rotatable bonds is 5. The smallest absolute Gasteiger partial charge is 0.274 e. The van der Waals surface area contributed by atoms with Crippen molar-refractivity contribution in [3.8, 4) is 5.75 Å². The second-order valence-corrected chi connectivity index (χ2v) is 6.40. The lowest BCUT2D eigenvalue weighted by atomic mass is 10.1. The Kier molecular flexibility index (Phi) is 5.44. The van der Waals surface area contributed by atoms with Crippen molar-refractivity contribution in [3.63, 3.8) is 0 Å². The molecule has 0 aliphatic carbocycles. The maximum absolute atomic E-state index is 12.1. The van der Waals surface area contributed by atoms with E-state index in [1.165, 1.54) is 10.7 Å². The van der Waals surface area contributed by atoms with E-state index in [1.807, 2.05) is 6.07 Å². The monoisotopic (exact) mass is 391 g/mol. The average Bonchev–Trinajstić information content (AvgIpc) is 2.63. The zero-order chi connectivity index (χ0) is 18.7. The lowest BCUT2D eigenvalue weighted by Gasteiger charge is -2.11. The van der Waals surface area contributed by atoms with Crippen molar-refractivity contribution in [2.24, 2.45) is 7.05 Å². The summed E-state index contributed by atoms with van der Waals surface area (Å²) in [5, 5.41) is 9.03. The topological polar surface area (TPSA) is 73.2 Å². The first kappa shape index (κ1) is 18.2. The van der Waals surface area contributed by atoms with E-state index >= 15 is 0 Å². The zero-order valence-electron chi connectivity index (χ0n) is 13.8. The van der Waals surface area contributed by atoms with E-state index in [-0.39, 0.29) is 24.6 Å². The molecule has 0 aliphatic rings. The van der Waals surface area contributed by atoms with Crippen LogP contribution < -0.4 is 15.6 Å². The number of ether oxygens (including phenoxy) is 1. The van der Waals surface area contributed by atoms with Gasteiger partial charge in [0.25, 0.3) is 11.5 Å². The highest BCUT2D eigenvalue weighted by molar-refractivity contribution is 6.35. The van der Waals surface area contributed by atoms with E-state index in [0.29, 0.717) is 32.3 Å². The maximum atomic E-state index is 12.1. The van der Waals surface area contributed by atoms with Crippen molar-refractivity contribution in [2.45, 2.75) is 6.54 Å². The molecule has 0 spiro atoms. The van der Waals surface area contributed by atoms with Gasteiger partial charge in [-0.3, -0.25) is 9.59 Å². The van der Waals surface area contributed by atoms with Crippen LogP contribution in [-0.2, 0) is 18.4 Å².